The highest BCUT2D eigenvalue weighted by molar-refractivity contribution is 5.71. The van der Waals surface area contributed by atoms with Crippen LogP contribution < -0.4 is 0 Å². The number of benzene rings is 1. The van der Waals surface area contributed by atoms with Gasteiger partial charge in [-0.3, -0.25) is 4.79 Å². The summed E-state index contributed by atoms with van der Waals surface area (Å²) in [6.45, 7) is 0.592. The first-order chi connectivity index (χ1) is 7.29. The molecule has 3 nitrogen and oxygen atoms in total. The maximum absolute atomic E-state index is 11.0. The lowest BCUT2D eigenvalue weighted by Crippen LogP contribution is -1.99. The monoisotopic (exact) mass is 206 g/mol. The lowest BCUT2D eigenvalue weighted by atomic mass is 10.0. The summed E-state index contributed by atoms with van der Waals surface area (Å²) >= 11 is 0. The van der Waals surface area contributed by atoms with Crippen LogP contribution in [0.15, 0.2) is 24.3 Å². The van der Waals surface area contributed by atoms with Gasteiger partial charge in [-0.25, -0.2) is 0 Å². The van der Waals surface area contributed by atoms with Crippen LogP contribution in [0, 0.1) is 0 Å². The highest BCUT2D eigenvalue weighted by Crippen LogP contribution is 2.29. The van der Waals surface area contributed by atoms with E-state index in [1.807, 2.05) is 24.3 Å². The minimum atomic E-state index is -0.0999. The smallest absolute Gasteiger partial charge is 0.306 e. The van der Waals surface area contributed by atoms with Crippen molar-refractivity contribution in [1.82, 2.24) is 0 Å². The van der Waals surface area contributed by atoms with Crippen LogP contribution in [0.1, 0.15) is 30.1 Å². The molecule has 1 aromatic carbocycles. The minimum Gasteiger partial charge on any atom is -0.457 e. The second-order valence-electron chi connectivity index (χ2n) is 3.70. The first kappa shape index (κ1) is 10.2. The maximum Gasteiger partial charge on any atom is 0.306 e. The van der Waals surface area contributed by atoms with Gasteiger partial charge in [0.1, 0.15) is 6.10 Å². The van der Waals surface area contributed by atoms with E-state index in [9.17, 15) is 4.79 Å². The molecule has 1 aromatic rings. The Kier molecular flexibility index (Phi) is 3.02. The van der Waals surface area contributed by atoms with Gasteiger partial charge in [0.15, 0.2) is 0 Å². The van der Waals surface area contributed by atoms with Crippen molar-refractivity contribution in [3.63, 3.8) is 0 Å². The summed E-state index contributed by atoms with van der Waals surface area (Å²) in [7, 11) is 1.67. The van der Waals surface area contributed by atoms with E-state index in [4.69, 9.17) is 9.47 Å². The van der Waals surface area contributed by atoms with Crippen molar-refractivity contribution >= 4 is 5.97 Å². The van der Waals surface area contributed by atoms with E-state index in [-0.39, 0.29) is 12.1 Å². The largest absolute Gasteiger partial charge is 0.457 e. The van der Waals surface area contributed by atoms with Gasteiger partial charge >= 0.3 is 5.97 Å². The zero-order valence-corrected chi connectivity index (χ0v) is 8.73. The molecule has 1 fully saturated rings. The Hall–Kier alpha value is -1.35. The van der Waals surface area contributed by atoms with Crippen LogP contribution >= 0.6 is 0 Å². The molecule has 0 aromatic heterocycles. The van der Waals surface area contributed by atoms with Gasteiger partial charge in [-0.15, -0.1) is 0 Å². The molecule has 1 aliphatic heterocycles. The van der Waals surface area contributed by atoms with Gasteiger partial charge in [0.25, 0.3) is 0 Å². The van der Waals surface area contributed by atoms with Crippen LogP contribution in [-0.2, 0) is 20.9 Å². The molecule has 1 aliphatic rings. The van der Waals surface area contributed by atoms with E-state index in [0.717, 1.165) is 17.5 Å². The summed E-state index contributed by atoms with van der Waals surface area (Å²) in [5.74, 6) is -0.0999. The van der Waals surface area contributed by atoms with Gasteiger partial charge in [-0.05, 0) is 23.6 Å². The molecule has 1 atom stereocenters. The lowest BCUT2D eigenvalue weighted by molar-refractivity contribution is -0.141. The van der Waals surface area contributed by atoms with Gasteiger partial charge < -0.3 is 9.47 Å². The standard InChI is InChI=1S/C12H14O3/c1-14-8-9-3-2-4-10(7-9)11-5-6-12(13)15-11/h2-4,7,11H,5-6,8H2,1H3. The molecule has 0 spiro atoms. The number of cyclic esters (lactones) is 1. The number of esters is 1. The SMILES string of the molecule is COCc1cccc(C2CCC(=O)O2)c1. The molecule has 0 amide bonds. The number of carbonyl (C=O) groups is 1. The number of hydrogen-bond acceptors (Lipinski definition) is 3. The Morgan fingerprint density at radius 1 is 1.53 bits per heavy atom. The Morgan fingerprint density at radius 3 is 3.07 bits per heavy atom. The average Bonchev–Trinajstić information content (AvgIpc) is 2.66. The summed E-state index contributed by atoms with van der Waals surface area (Å²) < 4.78 is 10.3. The van der Waals surface area contributed by atoms with Crippen LogP contribution in [0.3, 0.4) is 0 Å². The van der Waals surface area contributed by atoms with E-state index >= 15 is 0 Å². The second-order valence-corrected chi connectivity index (χ2v) is 3.70. The molecule has 0 aliphatic carbocycles. The molecular formula is C12H14O3. The van der Waals surface area contributed by atoms with Gasteiger partial charge in [0.05, 0.1) is 6.61 Å². The molecule has 1 saturated heterocycles. The normalized spacial score (nSPS) is 20.3. The maximum atomic E-state index is 11.0. The predicted molar refractivity (Wildman–Crippen MR) is 55.2 cm³/mol. The summed E-state index contributed by atoms with van der Waals surface area (Å²) in [4.78, 5) is 11.0. The molecule has 0 radical (unpaired) electrons. The summed E-state index contributed by atoms with van der Waals surface area (Å²) in [6.07, 6.45) is 1.25. The number of methoxy groups -OCH3 is 1. The fourth-order valence-corrected chi connectivity index (χ4v) is 1.81. The highest BCUT2D eigenvalue weighted by Gasteiger charge is 2.24. The van der Waals surface area contributed by atoms with Crippen molar-refractivity contribution in [2.75, 3.05) is 7.11 Å². The quantitative estimate of drug-likeness (QED) is 0.711. The van der Waals surface area contributed by atoms with Crippen LogP contribution in [-0.4, -0.2) is 13.1 Å². The van der Waals surface area contributed by atoms with Crippen molar-refractivity contribution in [3.05, 3.63) is 35.4 Å². The molecule has 0 N–H and O–H groups in total. The zero-order valence-electron chi connectivity index (χ0n) is 8.73. The Morgan fingerprint density at radius 2 is 2.40 bits per heavy atom. The minimum absolute atomic E-state index is 0.0608. The first-order valence-electron chi connectivity index (χ1n) is 5.07. The van der Waals surface area contributed by atoms with Gasteiger partial charge in [0.2, 0.25) is 0 Å². The predicted octanol–water partition coefficient (Wildman–Crippen LogP) is 2.21. The van der Waals surface area contributed by atoms with Crippen LogP contribution in [0.5, 0.6) is 0 Å². The van der Waals surface area contributed by atoms with Crippen LogP contribution in [0.4, 0.5) is 0 Å². The second kappa shape index (κ2) is 4.45. The van der Waals surface area contributed by atoms with Crippen molar-refractivity contribution in [2.45, 2.75) is 25.6 Å². The van der Waals surface area contributed by atoms with E-state index in [2.05, 4.69) is 0 Å². The highest BCUT2D eigenvalue weighted by atomic mass is 16.5. The lowest BCUT2D eigenvalue weighted by Gasteiger charge is -2.10. The molecule has 80 valence electrons. The van der Waals surface area contributed by atoms with E-state index < -0.39 is 0 Å². The van der Waals surface area contributed by atoms with Crippen molar-refractivity contribution in [1.29, 1.82) is 0 Å². The average molecular weight is 206 g/mol. The topological polar surface area (TPSA) is 35.5 Å². The van der Waals surface area contributed by atoms with Crippen LogP contribution in [0.2, 0.25) is 0 Å². The third-order valence-electron chi connectivity index (χ3n) is 2.52. The molecular weight excluding hydrogens is 192 g/mol. The Balaban J connectivity index is 2.14. The third kappa shape index (κ3) is 2.36. The third-order valence-corrected chi connectivity index (χ3v) is 2.52. The van der Waals surface area contributed by atoms with E-state index in [1.165, 1.54) is 0 Å². The summed E-state index contributed by atoms with van der Waals surface area (Å²) in [6, 6.07) is 7.99. The first-order valence-corrected chi connectivity index (χ1v) is 5.07. The number of carbonyl (C=O) groups excluding carboxylic acids is 1. The number of hydrogen-bond donors (Lipinski definition) is 0. The van der Waals surface area contributed by atoms with E-state index in [0.29, 0.717) is 13.0 Å². The Bertz CT molecular complexity index is 360. The van der Waals surface area contributed by atoms with Gasteiger partial charge in [0, 0.05) is 13.5 Å². The molecule has 0 saturated carbocycles. The van der Waals surface area contributed by atoms with E-state index in [1.54, 1.807) is 7.11 Å². The molecule has 1 unspecified atom stereocenters. The molecule has 15 heavy (non-hydrogen) atoms. The van der Waals surface area contributed by atoms with Crippen LogP contribution in [0.25, 0.3) is 0 Å². The Labute approximate surface area is 89.0 Å². The van der Waals surface area contributed by atoms with Crippen molar-refractivity contribution < 1.29 is 14.3 Å². The van der Waals surface area contributed by atoms with Gasteiger partial charge in [-0.1, -0.05) is 18.2 Å². The number of ether oxygens (including phenoxy) is 2. The molecule has 1 heterocycles. The molecule has 3 heteroatoms. The zero-order chi connectivity index (χ0) is 10.7. The summed E-state index contributed by atoms with van der Waals surface area (Å²) in [5, 5.41) is 0. The van der Waals surface area contributed by atoms with Crippen molar-refractivity contribution in [2.24, 2.45) is 0 Å². The molecule has 2 rings (SSSR count). The number of rotatable bonds is 3. The fraction of sp³-hybridized carbons (Fsp3) is 0.417. The van der Waals surface area contributed by atoms with Gasteiger partial charge in [-0.2, -0.15) is 0 Å². The summed E-state index contributed by atoms with van der Waals surface area (Å²) in [5.41, 5.74) is 2.17. The molecule has 0 bridgehead atoms. The fourth-order valence-electron chi connectivity index (χ4n) is 1.81. The van der Waals surface area contributed by atoms with Crippen molar-refractivity contribution in [3.8, 4) is 0 Å².